The maximum atomic E-state index is 13.7. The number of nitrogens with zero attached hydrogens (tertiary/aromatic N) is 4. The van der Waals surface area contributed by atoms with Gasteiger partial charge in [-0.05, 0) is 54.7 Å². The van der Waals surface area contributed by atoms with Crippen LogP contribution in [0.15, 0.2) is 54.6 Å². The van der Waals surface area contributed by atoms with Gasteiger partial charge in [-0.15, -0.1) is 0 Å². The van der Waals surface area contributed by atoms with E-state index in [-0.39, 0.29) is 23.2 Å². The molecule has 1 fully saturated rings. The highest BCUT2D eigenvalue weighted by atomic mass is 16.5. The molecular weight excluding hydrogens is 414 g/mol. The lowest BCUT2D eigenvalue weighted by molar-refractivity contribution is -0.124. The first-order valence-corrected chi connectivity index (χ1v) is 10.8. The van der Waals surface area contributed by atoms with Crippen LogP contribution in [-0.2, 0) is 10.2 Å². The standard InChI is InChI=1S/C26H21N5O2/c1-25(2)19-12-13-26(25,23-22(19)30-20(14-27)21(15-28)31-23)24(32)29-16-8-10-18(11-9-16)33-17-6-4-3-5-7-17/h3-11,19H,12-13H2,1-2H3,(H,29,32). The van der Waals surface area contributed by atoms with Gasteiger partial charge in [0.25, 0.3) is 0 Å². The van der Waals surface area contributed by atoms with E-state index < -0.39 is 10.8 Å². The molecule has 3 aromatic rings. The van der Waals surface area contributed by atoms with Crippen molar-refractivity contribution in [2.24, 2.45) is 5.41 Å². The molecular formula is C26H21N5O2. The highest BCUT2D eigenvalue weighted by Gasteiger charge is 2.68. The van der Waals surface area contributed by atoms with Crippen molar-refractivity contribution in [2.75, 3.05) is 5.32 Å². The number of para-hydroxylation sites is 1. The van der Waals surface area contributed by atoms with E-state index in [1.807, 2.05) is 56.3 Å². The summed E-state index contributed by atoms with van der Waals surface area (Å²) in [6.07, 6.45) is 1.40. The number of hydrogen-bond donors (Lipinski definition) is 1. The lowest BCUT2D eigenvalue weighted by Crippen LogP contribution is -2.46. The molecule has 1 amide bonds. The number of fused-ring (bicyclic) bond motifs is 5. The van der Waals surface area contributed by atoms with E-state index in [0.717, 1.165) is 12.2 Å². The van der Waals surface area contributed by atoms with Gasteiger partial charge in [0, 0.05) is 11.6 Å². The second-order valence-corrected chi connectivity index (χ2v) is 8.99. The summed E-state index contributed by atoms with van der Waals surface area (Å²) in [5, 5.41) is 21.9. The Bertz CT molecular complexity index is 1340. The van der Waals surface area contributed by atoms with Gasteiger partial charge in [-0.1, -0.05) is 32.0 Å². The minimum atomic E-state index is -0.918. The minimum Gasteiger partial charge on any atom is -0.457 e. The third-order valence-electron chi connectivity index (χ3n) is 7.13. The molecule has 1 saturated carbocycles. The monoisotopic (exact) mass is 435 g/mol. The van der Waals surface area contributed by atoms with E-state index >= 15 is 0 Å². The van der Waals surface area contributed by atoms with Gasteiger partial charge >= 0.3 is 0 Å². The molecule has 0 radical (unpaired) electrons. The maximum Gasteiger partial charge on any atom is 0.237 e. The van der Waals surface area contributed by atoms with Crippen molar-refractivity contribution in [3.8, 4) is 23.6 Å². The fourth-order valence-electron chi connectivity index (χ4n) is 5.39. The van der Waals surface area contributed by atoms with Gasteiger partial charge in [0.05, 0.1) is 16.8 Å². The van der Waals surface area contributed by atoms with Gasteiger partial charge in [0.2, 0.25) is 5.91 Å². The number of nitriles is 2. The first kappa shape index (κ1) is 20.7. The number of carbonyl (C=O) groups is 1. The summed E-state index contributed by atoms with van der Waals surface area (Å²) < 4.78 is 5.82. The van der Waals surface area contributed by atoms with Gasteiger partial charge in [0.15, 0.2) is 11.4 Å². The maximum absolute atomic E-state index is 13.7. The van der Waals surface area contributed by atoms with E-state index in [4.69, 9.17) is 4.74 Å². The van der Waals surface area contributed by atoms with Crippen LogP contribution in [0, 0.1) is 28.1 Å². The van der Waals surface area contributed by atoms with Crippen LogP contribution >= 0.6 is 0 Å². The van der Waals surface area contributed by atoms with Crippen LogP contribution in [0.3, 0.4) is 0 Å². The van der Waals surface area contributed by atoms with Crippen molar-refractivity contribution in [3.05, 3.63) is 77.4 Å². The summed E-state index contributed by atoms with van der Waals surface area (Å²) in [7, 11) is 0. The zero-order valence-corrected chi connectivity index (χ0v) is 18.3. The van der Waals surface area contributed by atoms with Gasteiger partial charge in [-0.2, -0.15) is 10.5 Å². The van der Waals surface area contributed by atoms with Gasteiger partial charge < -0.3 is 10.1 Å². The number of benzene rings is 2. The molecule has 2 unspecified atom stereocenters. The summed E-state index contributed by atoms with van der Waals surface area (Å²) in [6, 6.07) is 20.6. The van der Waals surface area contributed by atoms with E-state index in [9.17, 15) is 15.3 Å². The second-order valence-electron chi connectivity index (χ2n) is 8.99. The number of aromatic nitrogens is 2. The molecule has 7 nitrogen and oxygen atoms in total. The van der Waals surface area contributed by atoms with Gasteiger partial charge in [-0.25, -0.2) is 9.97 Å². The van der Waals surface area contributed by atoms with Crippen LogP contribution in [0.1, 0.15) is 55.4 Å². The number of ether oxygens (including phenoxy) is 1. The fourth-order valence-corrected chi connectivity index (χ4v) is 5.39. The first-order valence-electron chi connectivity index (χ1n) is 10.8. The van der Waals surface area contributed by atoms with Crippen LogP contribution in [0.5, 0.6) is 11.5 Å². The van der Waals surface area contributed by atoms with Crippen LogP contribution in [0.25, 0.3) is 0 Å². The quantitative estimate of drug-likeness (QED) is 0.630. The Morgan fingerprint density at radius 1 is 1.00 bits per heavy atom. The molecule has 1 N–H and O–H groups in total. The molecule has 2 aliphatic rings. The van der Waals surface area contributed by atoms with Crippen molar-refractivity contribution in [3.63, 3.8) is 0 Å². The minimum absolute atomic E-state index is 0.00670. The average molecular weight is 435 g/mol. The molecule has 5 rings (SSSR count). The summed E-state index contributed by atoms with van der Waals surface area (Å²) in [5.74, 6) is 1.23. The third kappa shape index (κ3) is 2.97. The lowest BCUT2D eigenvalue weighted by atomic mass is 9.67. The number of amides is 1. The number of nitrogens with one attached hydrogen (secondary N) is 1. The molecule has 0 aliphatic heterocycles. The van der Waals surface area contributed by atoms with E-state index in [1.54, 1.807) is 24.3 Å². The number of rotatable bonds is 4. The molecule has 2 aliphatic carbocycles. The molecule has 162 valence electrons. The number of carbonyl (C=O) groups excluding carboxylic acids is 1. The van der Waals surface area contributed by atoms with Crippen molar-refractivity contribution in [1.29, 1.82) is 10.5 Å². The molecule has 1 heterocycles. The fraction of sp³-hybridized carbons (Fsp3) is 0.269. The SMILES string of the molecule is CC1(C)C2CCC1(C(=O)Nc1ccc(Oc3ccccc3)cc1)c1nc(C#N)c(C#N)nc12. The molecule has 7 heteroatoms. The third-order valence-corrected chi connectivity index (χ3v) is 7.13. The zero-order valence-electron chi connectivity index (χ0n) is 18.3. The Morgan fingerprint density at radius 2 is 1.64 bits per heavy atom. The molecule has 2 bridgehead atoms. The highest BCUT2D eigenvalue weighted by molar-refractivity contribution is 6.01. The first-order chi connectivity index (χ1) is 15.9. The topological polar surface area (TPSA) is 112 Å². The molecule has 0 saturated heterocycles. The summed E-state index contributed by atoms with van der Waals surface area (Å²) in [5.41, 5.74) is 0.461. The van der Waals surface area contributed by atoms with Crippen molar-refractivity contribution in [2.45, 2.75) is 38.0 Å². The largest absolute Gasteiger partial charge is 0.457 e. The Labute approximate surface area is 191 Å². The van der Waals surface area contributed by atoms with Crippen LogP contribution in [0.2, 0.25) is 0 Å². The Balaban J connectivity index is 1.45. The Morgan fingerprint density at radius 3 is 2.30 bits per heavy atom. The molecule has 1 aromatic heterocycles. The molecule has 2 aromatic carbocycles. The van der Waals surface area contributed by atoms with E-state index in [2.05, 4.69) is 15.3 Å². The van der Waals surface area contributed by atoms with Crippen molar-refractivity contribution >= 4 is 11.6 Å². The van der Waals surface area contributed by atoms with E-state index in [1.165, 1.54) is 0 Å². The summed E-state index contributed by atoms with van der Waals surface area (Å²) in [4.78, 5) is 22.7. The molecule has 0 spiro atoms. The van der Waals surface area contributed by atoms with Crippen molar-refractivity contribution < 1.29 is 9.53 Å². The van der Waals surface area contributed by atoms with Crippen LogP contribution < -0.4 is 10.1 Å². The smallest absolute Gasteiger partial charge is 0.237 e. The molecule has 2 atom stereocenters. The normalized spacial score (nSPS) is 21.5. The predicted octanol–water partition coefficient (Wildman–Crippen LogP) is 4.81. The van der Waals surface area contributed by atoms with Crippen LogP contribution in [0.4, 0.5) is 5.69 Å². The number of anilines is 1. The highest BCUT2D eigenvalue weighted by Crippen LogP contribution is 2.67. The Kier molecular flexibility index (Phi) is 4.65. The number of hydrogen-bond acceptors (Lipinski definition) is 6. The Hall–Kier alpha value is -4.23. The lowest BCUT2D eigenvalue weighted by Gasteiger charge is -2.36. The van der Waals surface area contributed by atoms with Gasteiger partial charge in [0.1, 0.15) is 23.6 Å². The summed E-state index contributed by atoms with van der Waals surface area (Å²) in [6.45, 7) is 4.09. The molecule has 33 heavy (non-hydrogen) atoms. The zero-order chi connectivity index (χ0) is 23.2. The second kappa shape index (κ2) is 7.43. The summed E-state index contributed by atoms with van der Waals surface area (Å²) >= 11 is 0. The van der Waals surface area contributed by atoms with Crippen molar-refractivity contribution in [1.82, 2.24) is 9.97 Å². The predicted molar refractivity (Wildman–Crippen MR) is 120 cm³/mol. The van der Waals surface area contributed by atoms with E-state index in [0.29, 0.717) is 29.2 Å². The van der Waals surface area contributed by atoms with Crippen LogP contribution in [-0.4, -0.2) is 15.9 Å². The average Bonchev–Trinajstić information content (AvgIpc) is 3.21. The van der Waals surface area contributed by atoms with Gasteiger partial charge in [-0.3, -0.25) is 4.79 Å².